The summed E-state index contributed by atoms with van der Waals surface area (Å²) in [6.07, 6.45) is 0. The van der Waals surface area contributed by atoms with Gasteiger partial charge in [-0.25, -0.2) is 13.4 Å². The maximum atomic E-state index is 12.3. The van der Waals surface area contributed by atoms with Crippen molar-refractivity contribution in [1.29, 1.82) is 0 Å². The van der Waals surface area contributed by atoms with Crippen LogP contribution >= 0.6 is 23.2 Å². The summed E-state index contributed by atoms with van der Waals surface area (Å²) in [5.41, 5.74) is 6.56. The molecule has 0 unspecified atom stereocenters. The third kappa shape index (κ3) is 3.15. The lowest BCUT2D eigenvalue weighted by atomic mass is 10.3. The summed E-state index contributed by atoms with van der Waals surface area (Å²) in [6.45, 7) is 1.65. The molecule has 0 fully saturated rings. The predicted molar refractivity (Wildman–Crippen MR) is 80.7 cm³/mol. The Morgan fingerprint density at radius 1 is 1.20 bits per heavy atom. The van der Waals surface area contributed by atoms with Crippen molar-refractivity contribution in [2.24, 2.45) is 0 Å². The van der Waals surface area contributed by atoms with E-state index in [0.29, 0.717) is 16.4 Å². The van der Waals surface area contributed by atoms with E-state index in [2.05, 4.69) is 9.71 Å². The molecule has 0 saturated heterocycles. The number of nitrogens with one attached hydrogen (secondary N) is 1. The van der Waals surface area contributed by atoms with Gasteiger partial charge in [0.1, 0.15) is 10.0 Å². The van der Waals surface area contributed by atoms with E-state index in [4.69, 9.17) is 28.9 Å². The van der Waals surface area contributed by atoms with Gasteiger partial charge in [0.05, 0.1) is 17.1 Å². The first-order valence-corrected chi connectivity index (χ1v) is 7.74. The molecule has 1 aromatic heterocycles. The first-order chi connectivity index (χ1) is 9.29. The largest absolute Gasteiger partial charge is 0.398 e. The fraction of sp³-hybridized carbons (Fsp3) is 0.0833. The van der Waals surface area contributed by atoms with Gasteiger partial charge in [-0.15, -0.1) is 0 Å². The summed E-state index contributed by atoms with van der Waals surface area (Å²) in [6, 6.07) is 7.22. The highest BCUT2D eigenvalue weighted by Crippen LogP contribution is 2.25. The monoisotopic (exact) mass is 331 g/mol. The van der Waals surface area contributed by atoms with Gasteiger partial charge in [-0.3, -0.25) is 4.72 Å². The zero-order valence-electron chi connectivity index (χ0n) is 10.4. The number of nitrogens with two attached hydrogens (primary N) is 1. The van der Waals surface area contributed by atoms with Gasteiger partial charge in [-0.2, -0.15) is 0 Å². The van der Waals surface area contributed by atoms with Gasteiger partial charge in [-0.05, 0) is 37.3 Å². The minimum Gasteiger partial charge on any atom is -0.398 e. The number of sulfonamides is 1. The highest BCUT2D eigenvalue weighted by atomic mass is 35.5. The number of nitrogens with zero attached hydrogens (tertiary/aromatic N) is 1. The Morgan fingerprint density at radius 3 is 2.50 bits per heavy atom. The van der Waals surface area contributed by atoms with Crippen LogP contribution in [0.1, 0.15) is 5.69 Å². The van der Waals surface area contributed by atoms with E-state index in [1.807, 2.05) is 0 Å². The first-order valence-electron chi connectivity index (χ1n) is 5.50. The van der Waals surface area contributed by atoms with Crippen LogP contribution in [0, 0.1) is 6.92 Å². The molecule has 8 heteroatoms. The number of rotatable bonds is 3. The second-order valence-corrected chi connectivity index (χ2v) is 6.53. The van der Waals surface area contributed by atoms with Crippen molar-refractivity contribution in [3.8, 4) is 0 Å². The smallest absolute Gasteiger partial charge is 0.264 e. The molecule has 2 rings (SSSR count). The first kappa shape index (κ1) is 14.9. The molecule has 1 heterocycles. The van der Waals surface area contributed by atoms with Gasteiger partial charge in [-0.1, -0.05) is 23.2 Å². The second-order valence-electron chi connectivity index (χ2n) is 4.05. The Labute approximate surface area is 126 Å². The van der Waals surface area contributed by atoms with Crippen LogP contribution in [0.15, 0.2) is 35.2 Å². The van der Waals surface area contributed by atoms with Gasteiger partial charge in [0, 0.05) is 5.02 Å². The number of halogens is 2. The second kappa shape index (κ2) is 5.47. The number of hydrogen-bond acceptors (Lipinski definition) is 4. The van der Waals surface area contributed by atoms with Crippen LogP contribution in [0.25, 0.3) is 0 Å². The summed E-state index contributed by atoms with van der Waals surface area (Å²) in [5, 5.41) is 0.655. The zero-order valence-corrected chi connectivity index (χ0v) is 12.7. The van der Waals surface area contributed by atoms with Gasteiger partial charge in [0.25, 0.3) is 10.0 Å². The molecule has 0 spiro atoms. The van der Waals surface area contributed by atoms with E-state index in [1.54, 1.807) is 6.92 Å². The van der Waals surface area contributed by atoms with E-state index in [1.165, 1.54) is 30.3 Å². The van der Waals surface area contributed by atoms with Crippen molar-refractivity contribution < 1.29 is 8.42 Å². The van der Waals surface area contributed by atoms with Crippen LogP contribution in [0.2, 0.25) is 10.2 Å². The van der Waals surface area contributed by atoms with Crippen LogP contribution < -0.4 is 10.5 Å². The van der Waals surface area contributed by atoms with Crippen molar-refractivity contribution in [2.45, 2.75) is 11.8 Å². The van der Waals surface area contributed by atoms with Gasteiger partial charge < -0.3 is 5.73 Å². The number of benzene rings is 1. The van der Waals surface area contributed by atoms with Gasteiger partial charge in [0.2, 0.25) is 0 Å². The predicted octanol–water partition coefficient (Wildman–Crippen LogP) is 3.08. The van der Waals surface area contributed by atoms with E-state index in [9.17, 15) is 8.42 Å². The quantitative estimate of drug-likeness (QED) is 0.668. The van der Waals surface area contributed by atoms with Gasteiger partial charge >= 0.3 is 0 Å². The Balaban J connectivity index is 2.41. The Morgan fingerprint density at radius 2 is 1.90 bits per heavy atom. The van der Waals surface area contributed by atoms with Crippen molar-refractivity contribution in [3.63, 3.8) is 0 Å². The molecule has 5 nitrogen and oxygen atoms in total. The molecule has 2 aromatic rings. The van der Waals surface area contributed by atoms with E-state index in [0.717, 1.165) is 0 Å². The summed E-state index contributed by atoms with van der Waals surface area (Å²) in [4.78, 5) is 3.93. The van der Waals surface area contributed by atoms with Crippen molar-refractivity contribution in [2.75, 3.05) is 10.5 Å². The third-order valence-corrected chi connectivity index (χ3v) is 4.44. The topological polar surface area (TPSA) is 85.1 Å². The third-order valence-electron chi connectivity index (χ3n) is 2.56. The number of aryl methyl sites for hydroxylation is 1. The molecule has 0 amide bonds. The summed E-state index contributed by atoms with van der Waals surface area (Å²) in [5.74, 6) is 0. The molecular formula is C12H11Cl2N3O2S. The van der Waals surface area contributed by atoms with Gasteiger partial charge in [0.15, 0.2) is 0 Å². The molecule has 0 aliphatic heterocycles. The molecule has 106 valence electrons. The minimum atomic E-state index is -3.81. The number of nitrogen functional groups attached to an aromatic ring is 1. The fourth-order valence-corrected chi connectivity index (χ4v) is 3.20. The highest BCUT2D eigenvalue weighted by Gasteiger charge is 2.18. The van der Waals surface area contributed by atoms with E-state index in [-0.39, 0.29) is 15.7 Å². The maximum absolute atomic E-state index is 12.3. The molecule has 0 bridgehead atoms. The average Bonchev–Trinajstić information content (AvgIpc) is 2.32. The van der Waals surface area contributed by atoms with Crippen LogP contribution in [-0.2, 0) is 10.0 Å². The van der Waals surface area contributed by atoms with Crippen LogP contribution in [0.5, 0.6) is 0 Å². The highest BCUT2D eigenvalue weighted by molar-refractivity contribution is 7.92. The van der Waals surface area contributed by atoms with E-state index < -0.39 is 10.0 Å². The lowest BCUT2D eigenvalue weighted by Gasteiger charge is -2.12. The van der Waals surface area contributed by atoms with Crippen molar-refractivity contribution >= 4 is 44.6 Å². The lowest BCUT2D eigenvalue weighted by molar-refractivity contribution is 0.601. The van der Waals surface area contributed by atoms with Crippen molar-refractivity contribution in [3.05, 3.63) is 46.2 Å². The summed E-state index contributed by atoms with van der Waals surface area (Å²) >= 11 is 11.5. The molecule has 0 aliphatic carbocycles. The average molecular weight is 332 g/mol. The molecule has 20 heavy (non-hydrogen) atoms. The number of anilines is 2. The SMILES string of the molecule is Cc1nc(Cl)ccc1NS(=O)(=O)c1ccc(Cl)cc1N. The zero-order chi connectivity index (χ0) is 14.9. The van der Waals surface area contributed by atoms with Crippen LogP contribution in [0.4, 0.5) is 11.4 Å². The molecule has 1 aromatic carbocycles. The number of pyridine rings is 1. The summed E-state index contributed by atoms with van der Waals surface area (Å²) in [7, 11) is -3.81. The van der Waals surface area contributed by atoms with E-state index >= 15 is 0 Å². The molecule has 0 radical (unpaired) electrons. The lowest BCUT2D eigenvalue weighted by Crippen LogP contribution is -2.15. The molecular weight excluding hydrogens is 321 g/mol. The maximum Gasteiger partial charge on any atom is 0.264 e. The van der Waals surface area contributed by atoms with Crippen LogP contribution in [0.3, 0.4) is 0 Å². The normalized spacial score (nSPS) is 11.3. The molecule has 0 aliphatic rings. The number of aromatic nitrogens is 1. The summed E-state index contributed by atoms with van der Waals surface area (Å²) < 4.78 is 27.0. The Bertz CT molecular complexity index is 763. The molecule has 0 atom stereocenters. The Kier molecular flexibility index (Phi) is 4.08. The van der Waals surface area contributed by atoms with Crippen molar-refractivity contribution in [1.82, 2.24) is 4.98 Å². The standard InChI is InChI=1S/C12H11Cl2N3O2S/c1-7-10(3-5-12(14)16-7)17-20(18,19)11-4-2-8(13)6-9(11)15/h2-6,17H,15H2,1H3. The molecule has 3 N–H and O–H groups in total. The Hall–Kier alpha value is -1.50. The minimum absolute atomic E-state index is 0.0451. The fourth-order valence-electron chi connectivity index (χ4n) is 1.60. The van der Waals surface area contributed by atoms with Crippen LogP contribution in [-0.4, -0.2) is 13.4 Å². The molecule has 0 saturated carbocycles. The number of hydrogen-bond donors (Lipinski definition) is 2.